The Hall–Kier alpha value is -1.39. The van der Waals surface area contributed by atoms with E-state index in [4.69, 9.17) is 5.11 Å². The Bertz CT molecular complexity index is 380. The van der Waals surface area contributed by atoms with Gasteiger partial charge < -0.3 is 15.1 Å². The molecule has 0 aliphatic heterocycles. The molecule has 1 aromatic rings. The number of rotatable bonds is 6. The topological polar surface area (TPSA) is 43.7 Å². The molecule has 1 aromatic carbocycles. The Balaban J connectivity index is 3.19. The Labute approximate surface area is 101 Å². The highest BCUT2D eigenvalue weighted by atomic mass is 19.1. The van der Waals surface area contributed by atoms with Gasteiger partial charge in [0.15, 0.2) is 0 Å². The van der Waals surface area contributed by atoms with Gasteiger partial charge in [-0.05, 0) is 13.0 Å². The van der Waals surface area contributed by atoms with E-state index in [-0.39, 0.29) is 6.61 Å². The molecule has 94 valence electrons. The second-order valence-electron chi connectivity index (χ2n) is 3.81. The summed E-state index contributed by atoms with van der Waals surface area (Å²) in [6.45, 7) is 5.83. The summed E-state index contributed by atoms with van der Waals surface area (Å²) in [6.07, 6.45) is 0.875. The SMILES string of the molecule is C=CCN(CCO)c1c(F)cccc1[C@@H](C)O. The van der Waals surface area contributed by atoms with E-state index >= 15 is 0 Å². The number of aliphatic hydroxyl groups excluding tert-OH is 2. The summed E-state index contributed by atoms with van der Waals surface area (Å²) in [6, 6.07) is 4.58. The summed E-state index contributed by atoms with van der Waals surface area (Å²) in [5.74, 6) is -0.404. The van der Waals surface area contributed by atoms with Crippen LogP contribution in [0.15, 0.2) is 30.9 Å². The molecule has 1 atom stereocenters. The van der Waals surface area contributed by atoms with Crippen molar-refractivity contribution in [3.8, 4) is 0 Å². The lowest BCUT2D eigenvalue weighted by Gasteiger charge is -2.26. The minimum Gasteiger partial charge on any atom is -0.395 e. The number of hydrogen-bond acceptors (Lipinski definition) is 3. The predicted molar refractivity (Wildman–Crippen MR) is 66.5 cm³/mol. The maximum atomic E-state index is 13.8. The van der Waals surface area contributed by atoms with Gasteiger partial charge in [0.25, 0.3) is 0 Å². The molecule has 2 N–H and O–H groups in total. The van der Waals surface area contributed by atoms with Gasteiger partial charge in [-0.15, -0.1) is 6.58 Å². The van der Waals surface area contributed by atoms with Gasteiger partial charge in [-0.25, -0.2) is 4.39 Å². The molecular weight excluding hydrogens is 221 g/mol. The summed E-state index contributed by atoms with van der Waals surface area (Å²) in [7, 11) is 0. The minimum absolute atomic E-state index is 0.0819. The van der Waals surface area contributed by atoms with Crippen LogP contribution in [0.25, 0.3) is 0 Å². The molecule has 0 spiro atoms. The van der Waals surface area contributed by atoms with E-state index in [1.54, 1.807) is 30.0 Å². The predicted octanol–water partition coefficient (Wildman–Crippen LogP) is 1.86. The number of para-hydroxylation sites is 1. The van der Waals surface area contributed by atoms with Crippen molar-refractivity contribution in [1.29, 1.82) is 0 Å². The van der Waals surface area contributed by atoms with Crippen LogP contribution in [0, 0.1) is 5.82 Å². The van der Waals surface area contributed by atoms with Gasteiger partial charge >= 0.3 is 0 Å². The summed E-state index contributed by atoms with van der Waals surface area (Å²) in [4.78, 5) is 1.66. The van der Waals surface area contributed by atoms with Crippen molar-refractivity contribution in [3.63, 3.8) is 0 Å². The second kappa shape index (κ2) is 6.37. The number of nitrogens with zero attached hydrogens (tertiary/aromatic N) is 1. The molecule has 0 fully saturated rings. The molecule has 0 amide bonds. The van der Waals surface area contributed by atoms with E-state index in [2.05, 4.69) is 6.58 Å². The number of benzene rings is 1. The summed E-state index contributed by atoms with van der Waals surface area (Å²) >= 11 is 0. The van der Waals surface area contributed by atoms with Crippen LogP contribution in [-0.2, 0) is 0 Å². The molecule has 0 aromatic heterocycles. The Morgan fingerprint density at radius 2 is 2.24 bits per heavy atom. The zero-order chi connectivity index (χ0) is 12.8. The smallest absolute Gasteiger partial charge is 0.146 e. The van der Waals surface area contributed by atoms with Crippen LogP contribution in [0.2, 0.25) is 0 Å². The highest BCUT2D eigenvalue weighted by Gasteiger charge is 2.17. The molecule has 0 heterocycles. The lowest BCUT2D eigenvalue weighted by Crippen LogP contribution is -2.29. The van der Waals surface area contributed by atoms with E-state index in [1.165, 1.54) is 6.07 Å². The van der Waals surface area contributed by atoms with E-state index in [1.807, 2.05) is 0 Å². The zero-order valence-corrected chi connectivity index (χ0v) is 9.93. The molecule has 0 aliphatic carbocycles. The fourth-order valence-electron chi connectivity index (χ4n) is 1.77. The number of halogens is 1. The van der Waals surface area contributed by atoms with Crippen LogP contribution in [-0.4, -0.2) is 29.9 Å². The van der Waals surface area contributed by atoms with E-state index in [9.17, 15) is 9.50 Å². The maximum absolute atomic E-state index is 13.8. The fourth-order valence-corrected chi connectivity index (χ4v) is 1.77. The molecule has 0 unspecified atom stereocenters. The third-order valence-corrected chi connectivity index (χ3v) is 2.50. The number of aliphatic hydroxyl groups is 2. The largest absolute Gasteiger partial charge is 0.395 e. The summed E-state index contributed by atoms with van der Waals surface area (Å²) in [5, 5.41) is 18.6. The highest BCUT2D eigenvalue weighted by molar-refractivity contribution is 5.56. The van der Waals surface area contributed by atoms with Gasteiger partial charge in [0, 0.05) is 18.7 Å². The highest BCUT2D eigenvalue weighted by Crippen LogP contribution is 2.29. The van der Waals surface area contributed by atoms with Crippen LogP contribution in [0.4, 0.5) is 10.1 Å². The average molecular weight is 239 g/mol. The van der Waals surface area contributed by atoms with E-state index in [0.29, 0.717) is 24.3 Å². The Morgan fingerprint density at radius 3 is 2.76 bits per heavy atom. The van der Waals surface area contributed by atoms with Crippen LogP contribution in [0.1, 0.15) is 18.6 Å². The molecule has 4 heteroatoms. The molecule has 3 nitrogen and oxygen atoms in total. The van der Waals surface area contributed by atoms with Crippen molar-refractivity contribution >= 4 is 5.69 Å². The average Bonchev–Trinajstić information content (AvgIpc) is 2.28. The standard InChI is InChI=1S/C13H18FNO2/c1-3-7-15(8-9-16)13-11(10(2)17)5-4-6-12(13)14/h3-6,10,16-17H,1,7-9H2,2H3/t10-/m1/s1. The van der Waals surface area contributed by atoms with Gasteiger partial charge in [-0.1, -0.05) is 18.2 Å². The first-order chi connectivity index (χ1) is 8.11. The van der Waals surface area contributed by atoms with Crippen molar-refractivity contribution in [2.75, 3.05) is 24.6 Å². The first kappa shape index (κ1) is 13.7. The van der Waals surface area contributed by atoms with Gasteiger partial charge in [-0.2, -0.15) is 0 Å². The second-order valence-corrected chi connectivity index (χ2v) is 3.81. The maximum Gasteiger partial charge on any atom is 0.146 e. The van der Waals surface area contributed by atoms with Gasteiger partial charge in [0.2, 0.25) is 0 Å². The lowest BCUT2D eigenvalue weighted by molar-refractivity contribution is 0.199. The van der Waals surface area contributed by atoms with Gasteiger partial charge in [0.1, 0.15) is 5.82 Å². The van der Waals surface area contributed by atoms with Crippen molar-refractivity contribution in [2.24, 2.45) is 0 Å². The van der Waals surface area contributed by atoms with Gasteiger partial charge in [-0.3, -0.25) is 0 Å². The third kappa shape index (κ3) is 3.28. The third-order valence-electron chi connectivity index (χ3n) is 2.50. The molecule has 0 aliphatic rings. The van der Waals surface area contributed by atoms with E-state index < -0.39 is 11.9 Å². The molecule has 1 rings (SSSR count). The summed E-state index contributed by atoms with van der Waals surface area (Å²) < 4.78 is 13.8. The normalized spacial score (nSPS) is 12.2. The molecule has 17 heavy (non-hydrogen) atoms. The molecule has 0 bridgehead atoms. The van der Waals surface area contributed by atoms with Crippen LogP contribution < -0.4 is 4.90 Å². The minimum atomic E-state index is -0.758. The monoisotopic (exact) mass is 239 g/mol. The Kier molecular flexibility index (Phi) is 5.12. The molecule has 0 saturated carbocycles. The Morgan fingerprint density at radius 1 is 1.53 bits per heavy atom. The molecular formula is C13H18FNO2. The number of hydrogen-bond donors (Lipinski definition) is 2. The van der Waals surface area contributed by atoms with Crippen molar-refractivity contribution < 1.29 is 14.6 Å². The fraction of sp³-hybridized carbons (Fsp3) is 0.385. The van der Waals surface area contributed by atoms with E-state index in [0.717, 1.165) is 0 Å². The first-order valence-electron chi connectivity index (χ1n) is 5.55. The molecule has 0 saturated heterocycles. The first-order valence-corrected chi connectivity index (χ1v) is 5.55. The zero-order valence-electron chi connectivity index (χ0n) is 9.93. The molecule has 0 radical (unpaired) electrons. The van der Waals surface area contributed by atoms with Crippen LogP contribution in [0.5, 0.6) is 0 Å². The van der Waals surface area contributed by atoms with Crippen LogP contribution in [0.3, 0.4) is 0 Å². The van der Waals surface area contributed by atoms with Crippen molar-refractivity contribution in [1.82, 2.24) is 0 Å². The van der Waals surface area contributed by atoms with Crippen molar-refractivity contribution in [2.45, 2.75) is 13.0 Å². The summed E-state index contributed by atoms with van der Waals surface area (Å²) in [5.41, 5.74) is 0.844. The van der Waals surface area contributed by atoms with Crippen LogP contribution >= 0.6 is 0 Å². The lowest BCUT2D eigenvalue weighted by atomic mass is 10.1. The number of anilines is 1. The van der Waals surface area contributed by atoms with Crippen molar-refractivity contribution in [3.05, 3.63) is 42.2 Å². The van der Waals surface area contributed by atoms with Gasteiger partial charge in [0.05, 0.1) is 18.4 Å². The quantitative estimate of drug-likeness (QED) is 0.745.